The highest BCUT2D eigenvalue weighted by molar-refractivity contribution is 7.07. The second-order valence-corrected chi connectivity index (χ2v) is 5.99. The summed E-state index contributed by atoms with van der Waals surface area (Å²) in [4.78, 5) is 11.3. The fourth-order valence-corrected chi connectivity index (χ4v) is 3.24. The summed E-state index contributed by atoms with van der Waals surface area (Å²) >= 11 is 1.75. The van der Waals surface area contributed by atoms with Crippen LogP contribution < -0.4 is 0 Å². The minimum atomic E-state index is 0.0581. The third-order valence-corrected chi connectivity index (χ3v) is 4.18. The second-order valence-electron chi connectivity index (χ2n) is 5.21. The zero-order valence-electron chi connectivity index (χ0n) is 11.9. The highest BCUT2D eigenvalue weighted by atomic mass is 32.1. The SMILES string of the molecule is Cc1cc([C@H]2CN(Cc3ccsc3)CCO2)nc(C)n1. The fourth-order valence-electron chi connectivity index (χ4n) is 2.58. The molecule has 0 aromatic carbocycles. The van der Waals surface area contributed by atoms with Crippen molar-refractivity contribution in [1.82, 2.24) is 14.9 Å². The minimum absolute atomic E-state index is 0.0581. The van der Waals surface area contributed by atoms with Crippen LogP contribution in [0.4, 0.5) is 0 Å². The molecular weight excluding hydrogens is 270 g/mol. The molecular formula is C15H19N3OS. The molecule has 0 bridgehead atoms. The summed E-state index contributed by atoms with van der Waals surface area (Å²) in [5.41, 5.74) is 3.39. The Balaban J connectivity index is 1.71. The number of rotatable bonds is 3. The van der Waals surface area contributed by atoms with Crippen LogP contribution in [-0.2, 0) is 11.3 Å². The van der Waals surface area contributed by atoms with E-state index in [1.54, 1.807) is 11.3 Å². The Bertz CT molecular complexity index is 550. The van der Waals surface area contributed by atoms with Crippen LogP contribution in [0.5, 0.6) is 0 Å². The maximum absolute atomic E-state index is 5.89. The topological polar surface area (TPSA) is 38.2 Å². The summed E-state index contributed by atoms with van der Waals surface area (Å²) < 4.78 is 5.89. The lowest BCUT2D eigenvalue weighted by Gasteiger charge is -2.32. The van der Waals surface area contributed by atoms with E-state index in [1.807, 2.05) is 19.9 Å². The molecule has 3 rings (SSSR count). The van der Waals surface area contributed by atoms with E-state index in [4.69, 9.17) is 4.74 Å². The molecule has 20 heavy (non-hydrogen) atoms. The molecule has 0 aliphatic carbocycles. The zero-order valence-corrected chi connectivity index (χ0v) is 12.7. The molecule has 1 saturated heterocycles. The molecule has 1 fully saturated rings. The van der Waals surface area contributed by atoms with Gasteiger partial charge in [0.05, 0.1) is 12.3 Å². The number of morpholine rings is 1. The average Bonchev–Trinajstić information content (AvgIpc) is 2.91. The maximum atomic E-state index is 5.89. The smallest absolute Gasteiger partial charge is 0.125 e. The monoisotopic (exact) mass is 289 g/mol. The first kappa shape index (κ1) is 13.7. The van der Waals surface area contributed by atoms with Crippen LogP contribution in [0, 0.1) is 13.8 Å². The van der Waals surface area contributed by atoms with Crippen molar-refractivity contribution in [3.63, 3.8) is 0 Å². The third kappa shape index (κ3) is 3.23. The fraction of sp³-hybridized carbons (Fsp3) is 0.467. The average molecular weight is 289 g/mol. The molecule has 0 unspecified atom stereocenters. The summed E-state index contributed by atoms with van der Waals surface area (Å²) in [7, 11) is 0. The lowest BCUT2D eigenvalue weighted by molar-refractivity contribution is -0.0351. The summed E-state index contributed by atoms with van der Waals surface area (Å²) in [5.74, 6) is 0.818. The molecule has 1 atom stereocenters. The van der Waals surface area contributed by atoms with Gasteiger partial charge >= 0.3 is 0 Å². The van der Waals surface area contributed by atoms with Crippen molar-refractivity contribution in [2.75, 3.05) is 19.7 Å². The standard InChI is InChI=1S/C15H19N3OS/c1-11-7-14(17-12(2)16-11)15-9-18(4-5-19-15)8-13-3-6-20-10-13/h3,6-7,10,15H,4-5,8-9H2,1-2H3/t15-/m1/s1. The van der Waals surface area contributed by atoms with E-state index in [0.29, 0.717) is 0 Å². The Morgan fingerprint density at radius 3 is 3.05 bits per heavy atom. The zero-order chi connectivity index (χ0) is 13.9. The summed E-state index contributed by atoms with van der Waals surface area (Å²) in [6, 6.07) is 4.22. The van der Waals surface area contributed by atoms with Crippen LogP contribution in [0.15, 0.2) is 22.9 Å². The number of aryl methyl sites for hydroxylation is 2. The number of ether oxygens (including phenoxy) is 1. The lowest BCUT2D eigenvalue weighted by atomic mass is 10.1. The van der Waals surface area contributed by atoms with Crippen LogP contribution in [0.3, 0.4) is 0 Å². The van der Waals surface area contributed by atoms with Gasteiger partial charge in [-0.05, 0) is 42.3 Å². The number of thiophene rings is 1. The van der Waals surface area contributed by atoms with Crippen LogP contribution in [-0.4, -0.2) is 34.6 Å². The summed E-state index contributed by atoms with van der Waals surface area (Å²) in [6.45, 7) is 7.57. The molecule has 2 aromatic rings. The van der Waals surface area contributed by atoms with Crippen molar-refractivity contribution >= 4 is 11.3 Å². The Labute approximate surface area is 123 Å². The minimum Gasteiger partial charge on any atom is -0.369 e. The van der Waals surface area contributed by atoms with Gasteiger partial charge in [0.25, 0.3) is 0 Å². The van der Waals surface area contributed by atoms with Crippen molar-refractivity contribution in [3.05, 3.63) is 45.7 Å². The van der Waals surface area contributed by atoms with Gasteiger partial charge in [-0.15, -0.1) is 0 Å². The highest BCUT2D eigenvalue weighted by Crippen LogP contribution is 2.22. The van der Waals surface area contributed by atoms with Gasteiger partial charge in [0, 0.05) is 25.3 Å². The molecule has 5 heteroatoms. The molecule has 0 N–H and O–H groups in total. The second kappa shape index (κ2) is 5.99. The number of hydrogen-bond donors (Lipinski definition) is 0. The van der Waals surface area contributed by atoms with E-state index in [9.17, 15) is 0 Å². The Hall–Kier alpha value is -1.30. The first-order valence-electron chi connectivity index (χ1n) is 6.88. The van der Waals surface area contributed by atoms with Gasteiger partial charge in [-0.2, -0.15) is 11.3 Å². The molecule has 2 aromatic heterocycles. The Morgan fingerprint density at radius 2 is 2.30 bits per heavy atom. The van der Waals surface area contributed by atoms with Gasteiger partial charge in [0.2, 0.25) is 0 Å². The van der Waals surface area contributed by atoms with Gasteiger partial charge in [0.15, 0.2) is 0 Å². The van der Waals surface area contributed by atoms with Crippen LogP contribution in [0.2, 0.25) is 0 Å². The van der Waals surface area contributed by atoms with E-state index in [0.717, 1.165) is 43.5 Å². The predicted octanol–water partition coefficient (Wildman–Crippen LogP) is 2.73. The molecule has 106 valence electrons. The molecule has 1 aliphatic rings. The third-order valence-electron chi connectivity index (χ3n) is 3.45. The first-order chi connectivity index (χ1) is 9.70. The van der Waals surface area contributed by atoms with Gasteiger partial charge < -0.3 is 4.74 Å². The van der Waals surface area contributed by atoms with Gasteiger partial charge in [-0.25, -0.2) is 9.97 Å². The van der Waals surface area contributed by atoms with Gasteiger partial charge in [0.1, 0.15) is 11.9 Å². The molecule has 4 nitrogen and oxygen atoms in total. The molecule has 3 heterocycles. The molecule has 0 saturated carbocycles. The number of nitrogens with zero attached hydrogens (tertiary/aromatic N) is 3. The van der Waals surface area contributed by atoms with Crippen molar-refractivity contribution < 1.29 is 4.74 Å². The van der Waals surface area contributed by atoms with E-state index in [-0.39, 0.29) is 6.10 Å². The van der Waals surface area contributed by atoms with Crippen molar-refractivity contribution in [1.29, 1.82) is 0 Å². The van der Waals surface area contributed by atoms with Gasteiger partial charge in [-0.3, -0.25) is 4.90 Å². The van der Waals surface area contributed by atoms with Crippen LogP contribution in [0.1, 0.15) is 28.9 Å². The van der Waals surface area contributed by atoms with E-state index in [2.05, 4.69) is 31.7 Å². The quantitative estimate of drug-likeness (QED) is 0.871. The molecule has 0 amide bonds. The van der Waals surface area contributed by atoms with Gasteiger partial charge in [-0.1, -0.05) is 0 Å². The van der Waals surface area contributed by atoms with E-state index < -0.39 is 0 Å². The Kier molecular flexibility index (Phi) is 4.10. The highest BCUT2D eigenvalue weighted by Gasteiger charge is 2.23. The van der Waals surface area contributed by atoms with Crippen molar-refractivity contribution in [2.45, 2.75) is 26.5 Å². The first-order valence-corrected chi connectivity index (χ1v) is 7.82. The van der Waals surface area contributed by atoms with Crippen LogP contribution >= 0.6 is 11.3 Å². The maximum Gasteiger partial charge on any atom is 0.125 e. The number of hydrogen-bond acceptors (Lipinski definition) is 5. The molecule has 1 aliphatic heterocycles. The van der Waals surface area contributed by atoms with Crippen molar-refractivity contribution in [2.24, 2.45) is 0 Å². The van der Waals surface area contributed by atoms with E-state index in [1.165, 1.54) is 5.56 Å². The van der Waals surface area contributed by atoms with E-state index >= 15 is 0 Å². The Morgan fingerprint density at radius 1 is 1.40 bits per heavy atom. The lowest BCUT2D eigenvalue weighted by Crippen LogP contribution is -2.38. The van der Waals surface area contributed by atoms with Crippen LogP contribution in [0.25, 0.3) is 0 Å². The summed E-state index contributed by atoms with van der Waals surface area (Å²) in [6.07, 6.45) is 0.0581. The predicted molar refractivity (Wildman–Crippen MR) is 79.8 cm³/mol. The molecule has 0 spiro atoms. The summed E-state index contributed by atoms with van der Waals surface area (Å²) in [5, 5.41) is 4.34. The number of aromatic nitrogens is 2. The molecule has 0 radical (unpaired) electrons. The normalized spacial score (nSPS) is 20.2. The van der Waals surface area contributed by atoms with Crippen molar-refractivity contribution in [3.8, 4) is 0 Å². The largest absolute Gasteiger partial charge is 0.369 e.